The van der Waals surface area contributed by atoms with Gasteiger partial charge in [-0.15, -0.1) is 0 Å². The van der Waals surface area contributed by atoms with Crippen molar-refractivity contribution in [2.24, 2.45) is 0 Å². The number of anilines is 1. The molecule has 0 saturated carbocycles. The number of amides is 2. The van der Waals surface area contributed by atoms with Gasteiger partial charge < -0.3 is 10.2 Å². The Morgan fingerprint density at radius 1 is 1.44 bits per heavy atom. The van der Waals surface area contributed by atoms with E-state index in [-0.39, 0.29) is 5.96 Å². The first kappa shape index (κ1) is 14.3. The van der Waals surface area contributed by atoms with Crippen molar-refractivity contribution in [2.45, 2.75) is 13.3 Å². The average molecular weight is 269 g/mol. The third-order valence-electron chi connectivity index (χ3n) is 2.40. The number of carbonyl (C=O) groups is 1. The van der Waals surface area contributed by atoms with Crippen molar-refractivity contribution in [3.63, 3.8) is 0 Å². The highest BCUT2D eigenvalue weighted by Gasteiger charge is 2.11. The van der Waals surface area contributed by atoms with Gasteiger partial charge in [0.1, 0.15) is 0 Å². The number of benzene rings is 1. The zero-order valence-electron chi connectivity index (χ0n) is 10.7. The summed E-state index contributed by atoms with van der Waals surface area (Å²) >= 11 is 6.04. The monoisotopic (exact) mass is 268 g/mol. The Balaban J connectivity index is 2.79. The Bertz CT molecular complexity index is 459. The van der Waals surface area contributed by atoms with Crippen molar-refractivity contribution in [1.82, 2.24) is 10.2 Å². The van der Waals surface area contributed by atoms with E-state index in [4.69, 9.17) is 17.0 Å². The maximum atomic E-state index is 11.7. The molecular formula is C12H17ClN4O. The number of nitrogens with one attached hydrogen (secondary N) is 3. The zero-order valence-corrected chi connectivity index (χ0v) is 11.4. The van der Waals surface area contributed by atoms with Crippen LogP contribution in [0.25, 0.3) is 0 Å². The fourth-order valence-corrected chi connectivity index (χ4v) is 1.61. The molecule has 0 aliphatic heterocycles. The van der Waals surface area contributed by atoms with Gasteiger partial charge in [0, 0.05) is 14.1 Å². The van der Waals surface area contributed by atoms with Gasteiger partial charge in [-0.05, 0) is 18.1 Å². The number of halogens is 1. The van der Waals surface area contributed by atoms with Gasteiger partial charge in [-0.2, -0.15) is 0 Å². The summed E-state index contributed by atoms with van der Waals surface area (Å²) in [5.74, 6) is 0.0117. The number of guanidine groups is 1. The Labute approximate surface area is 112 Å². The van der Waals surface area contributed by atoms with E-state index in [9.17, 15) is 4.79 Å². The molecule has 0 saturated heterocycles. The lowest BCUT2D eigenvalue weighted by Crippen LogP contribution is -2.41. The van der Waals surface area contributed by atoms with Gasteiger partial charge in [0.15, 0.2) is 5.96 Å². The predicted molar refractivity (Wildman–Crippen MR) is 74.4 cm³/mol. The quantitative estimate of drug-likeness (QED) is 0.570. The molecule has 1 rings (SSSR count). The van der Waals surface area contributed by atoms with Crippen LogP contribution >= 0.6 is 11.6 Å². The molecular weight excluding hydrogens is 252 g/mol. The number of hydrogen-bond acceptors (Lipinski definition) is 2. The molecule has 0 atom stereocenters. The predicted octanol–water partition coefficient (Wildman–Crippen LogP) is 2.52. The third kappa shape index (κ3) is 3.63. The summed E-state index contributed by atoms with van der Waals surface area (Å²) in [5.41, 5.74) is 1.54. The van der Waals surface area contributed by atoms with Crippen LogP contribution in [-0.4, -0.2) is 31.0 Å². The summed E-state index contributed by atoms with van der Waals surface area (Å²) in [6.45, 7) is 1.98. The molecule has 0 fully saturated rings. The summed E-state index contributed by atoms with van der Waals surface area (Å²) in [6, 6.07) is 4.98. The highest BCUT2D eigenvalue weighted by Crippen LogP contribution is 2.26. The number of urea groups is 1. The van der Waals surface area contributed by atoms with Gasteiger partial charge in [-0.1, -0.05) is 30.7 Å². The highest BCUT2D eigenvalue weighted by atomic mass is 35.5. The fraction of sp³-hybridized carbons (Fsp3) is 0.333. The Morgan fingerprint density at radius 2 is 2.11 bits per heavy atom. The maximum Gasteiger partial charge on any atom is 0.326 e. The van der Waals surface area contributed by atoms with Crippen LogP contribution in [0.3, 0.4) is 0 Å². The minimum atomic E-state index is -0.475. The van der Waals surface area contributed by atoms with E-state index in [1.165, 1.54) is 4.90 Å². The smallest absolute Gasteiger partial charge is 0.326 e. The Kier molecular flexibility index (Phi) is 4.97. The first-order valence-electron chi connectivity index (χ1n) is 5.57. The first-order valence-corrected chi connectivity index (χ1v) is 5.94. The van der Waals surface area contributed by atoms with Gasteiger partial charge in [0.2, 0.25) is 0 Å². The maximum absolute atomic E-state index is 11.7. The van der Waals surface area contributed by atoms with Crippen LogP contribution in [0.4, 0.5) is 10.5 Å². The summed E-state index contributed by atoms with van der Waals surface area (Å²) in [5, 5.41) is 13.1. The number of hydrogen-bond donors (Lipinski definition) is 3. The molecule has 5 nitrogen and oxygen atoms in total. The van der Waals surface area contributed by atoms with Crippen LogP contribution in [0, 0.1) is 5.41 Å². The summed E-state index contributed by atoms with van der Waals surface area (Å²) in [6.07, 6.45) is 0.765. The molecule has 3 N–H and O–H groups in total. The van der Waals surface area contributed by atoms with Gasteiger partial charge in [-0.3, -0.25) is 10.7 Å². The first-order chi connectivity index (χ1) is 8.45. The number of rotatable bonds is 2. The van der Waals surface area contributed by atoms with E-state index in [1.807, 2.05) is 19.1 Å². The number of para-hydroxylation sites is 1. The Hall–Kier alpha value is -1.75. The van der Waals surface area contributed by atoms with Gasteiger partial charge in [-0.25, -0.2) is 4.79 Å². The van der Waals surface area contributed by atoms with Crippen LogP contribution < -0.4 is 10.6 Å². The lowest BCUT2D eigenvalue weighted by Gasteiger charge is -2.16. The minimum absolute atomic E-state index is 0.0117. The number of aryl methyl sites for hydroxylation is 1. The molecule has 0 aliphatic rings. The minimum Gasteiger partial charge on any atom is -0.349 e. The zero-order chi connectivity index (χ0) is 13.7. The van der Waals surface area contributed by atoms with Crippen molar-refractivity contribution in [1.29, 1.82) is 5.41 Å². The van der Waals surface area contributed by atoms with Crippen LogP contribution in [0.2, 0.25) is 5.02 Å². The standard InChI is InChI=1S/C12H17ClN4O/c1-4-8-6-5-7-9(13)10(8)15-12(18)16-11(14)17(2)3/h5-7H,4H2,1-3H3,(H3,14,15,16,18). The van der Waals surface area contributed by atoms with Crippen molar-refractivity contribution < 1.29 is 4.79 Å². The molecule has 0 radical (unpaired) electrons. The molecule has 0 unspecified atom stereocenters. The van der Waals surface area contributed by atoms with E-state index in [0.29, 0.717) is 10.7 Å². The molecule has 0 heterocycles. The van der Waals surface area contributed by atoms with E-state index < -0.39 is 6.03 Å². The van der Waals surface area contributed by atoms with Gasteiger partial charge >= 0.3 is 6.03 Å². The largest absolute Gasteiger partial charge is 0.349 e. The van der Waals surface area contributed by atoms with Crippen molar-refractivity contribution in [2.75, 3.05) is 19.4 Å². The highest BCUT2D eigenvalue weighted by molar-refractivity contribution is 6.34. The van der Waals surface area contributed by atoms with Gasteiger partial charge in [0.05, 0.1) is 10.7 Å². The van der Waals surface area contributed by atoms with E-state index in [2.05, 4.69) is 10.6 Å². The molecule has 1 aromatic carbocycles. The fourth-order valence-electron chi connectivity index (χ4n) is 1.37. The van der Waals surface area contributed by atoms with Crippen molar-refractivity contribution in [3.8, 4) is 0 Å². The summed E-state index contributed by atoms with van der Waals surface area (Å²) < 4.78 is 0. The van der Waals surface area contributed by atoms with Crippen molar-refractivity contribution >= 4 is 29.3 Å². The second-order valence-electron chi connectivity index (χ2n) is 3.95. The van der Waals surface area contributed by atoms with Crippen LogP contribution in [0.15, 0.2) is 18.2 Å². The normalized spacial score (nSPS) is 9.78. The van der Waals surface area contributed by atoms with Crippen LogP contribution in [-0.2, 0) is 6.42 Å². The second-order valence-corrected chi connectivity index (χ2v) is 4.36. The second kappa shape index (κ2) is 6.26. The molecule has 6 heteroatoms. The molecule has 0 aliphatic carbocycles. The van der Waals surface area contributed by atoms with E-state index in [0.717, 1.165) is 12.0 Å². The lowest BCUT2D eigenvalue weighted by molar-refractivity contribution is 0.255. The molecule has 2 amide bonds. The van der Waals surface area contributed by atoms with Crippen LogP contribution in [0.5, 0.6) is 0 Å². The summed E-state index contributed by atoms with van der Waals surface area (Å²) in [4.78, 5) is 13.2. The topological polar surface area (TPSA) is 68.2 Å². The molecule has 0 spiro atoms. The summed E-state index contributed by atoms with van der Waals surface area (Å²) in [7, 11) is 3.35. The van der Waals surface area contributed by atoms with E-state index >= 15 is 0 Å². The van der Waals surface area contributed by atoms with Gasteiger partial charge in [0.25, 0.3) is 0 Å². The SMILES string of the molecule is CCc1cccc(Cl)c1NC(=O)NC(=N)N(C)C. The average Bonchev–Trinajstić information content (AvgIpc) is 2.31. The molecule has 1 aromatic rings. The molecule has 0 bridgehead atoms. The van der Waals surface area contributed by atoms with Crippen molar-refractivity contribution in [3.05, 3.63) is 28.8 Å². The molecule has 98 valence electrons. The van der Waals surface area contributed by atoms with E-state index in [1.54, 1.807) is 20.2 Å². The van der Waals surface area contributed by atoms with Crippen LogP contribution in [0.1, 0.15) is 12.5 Å². The number of carbonyl (C=O) groups excluding carboxylic acids is 1. The Morgan fingerprint density at radius 3 is 2.67 bits per heavy atom. The number of nitrogens with zero attached hydrogens (tertiary/aromatic N) is 1. The molecule has 0 aromatic heterocycles. The third-order valence-corrected chi connectivity index (χ3v) is 2.71. The molecule has 18 heavy (non-hydrogen) atoms. The lowest BCUT2D eigenvalue weighted by atomic mass is 10.1.